The van der Waals surface area contributed by atoms with Crippen LogP contribution in [0.1, 0.15) is 11.5 Å². The highest BCUT2D eigenvalue weighted by molar-refractivity contribution is 6.31. The normalized spacial score (nSPS) is 10.4. The summed E-state index contributed by atoms with van der Waals surface area (Å²) >= 11 is 5.96. The third-order valence-corrected chi connectivity index (χ3v) is 2.33. The summed E-state index contributed by atoms with van der Waals surface area (Å²) < 4.78 is 1.97. The Morgan fingerprint density at radius 1 is 1.43 bits per heavy atom. The molecule has 4 nitrogen and oxygen atoms in total. The van der Waals surface area contributed by atoms with Gasteiger partial charge in [-0.05, 0) is 13.0 Å². The number of aryl methyl sites for hydroxylation is 1. The monoisotopic (exact) mass is 208 g/mol. The molecule has 0 unspecified atom stereocenters. The van der Waals surface area contributed by atoms with Gasteiger partial charge in [-0.25, -0.2) is 4.98 Å². The largest absolute Gasteiger partial charge is 0.329 e. The minimum atomic E-state index is 0.610. The molecule has 0 saturated carbocycles. The average Bonchev–Trinajstić information content (AvgIpc) is 2.56. The van der Waals surface area contributed by atoms with E-state index in [0.717, 1.165) is 11.5 Å². The van der Waals surface area contributed by atoms with Crippen LogP contribution in [0, 0.1) is 6.92 Å². The highest BCUT2D eigenvalue weighted by atomic mass is 35.5. The van der Waals surface area contributed by atoms with Gasteiger partial charge in [0, 0.05) is 12.4 Å². The number of imidazole rings is 1. The van der Waals surface area contributed by atoms with Crippen LogP contribution in [0.3, 0.4) is 0 Å². The maximum absolute atomic E-state index is 5.96. The Bertz CT molecular complexity index is 438. The Kier molecular flexibility index (Phi) is 2.45. The lowest BCUT2D eigenvalue weighted by molar-refractivity contribution is 0.726. The Labute approximate surface area is 86.6 Å². The van der Waals surface area contributed by atoms with Crippen LogP contribution in [0.4, 0.5) is 0 Å². The van der Waals surface area contributed by atoms with E-state index in [-0.39, 0.29) is 0 Å². The zero-order valence-corrected chi connectivity index (χ0v) is 8.44. The van der Waals surface area contributed by atoms with E-state index in [1.165, 1.54) is 0 Å². The number of aromatic nitrogens is 4. The molecule has 2 aromatic heterocycles. The second-order valence-electron chi connectivity index (χ2n) is 2.93. The van der Waals surface area contributed by atoms with Gasteiger partial charge < -0.3 is 4.57 Å². The van der Waals surface area contributed by atoms with Crippen molar-refractivity contribution >= 4 is 11.6 Å². The molecule has 0 fully saturated rings. The van der Waals surface area contributed by atoms with Crippen molar-refractivity contribution in [3.05, 3.63) is 41.2 Å². The lowest BCUT2D eigenvalue weighted by Gasteiger charge is -2.04. The van der Waals surface area contributed by atoms with Crippen molar-refractivity contribution in [2.24, 2.45) is 0 Å². The molecule has 14 heavy (non-hydrogen) atoms. The minimum absolute atomic E-state index is 0.610. The summed E-state index contributed by atoms with van der Waals surface area (Å²) in [5.41, 5.74) is 0.760. The van der Waals surface area contributed by atoms with Crippen molar-refractivity contribution in [2.75, 3.05) is 0 Å². The average molecular weight is 209 g/mol. The first-order chi connectivity index (χ1) is 6.77. The number of hydrogen-bond acceptors (Lipinski definition) is 3. The summed E-state index contributed by atoms with van der Waals surface area (Å²) in [6.07, 6.45) is 5.21. The smallest absolute Gasteiger partial charge is 0.105 e. The molecule has 0 amide bonds. The number of hydrogen-bond donors (Lipinski definition) is 0. The molecule has 5 heteroatoms. The fourth-order valence-corrected chi connectivity index (χ4v) is 1.34. The van der Waals surface area contributed by atoms with E-state index in [4.69, 9.17) is 11.6 Å². The maximum atomic E-state index is 5.96. The molecule has 0 N–H and O–H groups in total. The van der Waals surface area contributed by atoms with Gasteiger partial charge in [0.15, 0.2) is 0 Å². The molecule has 2 aromatic rings. The van der Waals surface area contributed by atoms with Crippen molar-refractivity contribution in [3.8, 4) is 0 Å². The van der Waals surface area contributed by atoms with Crippen molar-refractivity contribution in [3.63, 3.8) is 0 Å². The third-order valence-electron chi connectivity index (χ3n) is 1.99. The maximum Gasteiger partial charge on any atom is 0.105 e. The number of halogens is 1. The minimum Gasteiger partial charge on any atom is -0.329 e. The summed E-state index contributed by atoms with van der Waals surface area (Å²) in [7, 11) is 0. The molecule has 0 aromatic carbocycles. The first-order valence-electron chi connectivity index (χ1n) is 4.21. The summed E-state index contributed by atoms with van der Waals surface area (Å²) in [5, 5.41) is 8.38. The van der Waals surface area contributed by atoms with Gasteiger partial charge in [0.25, 0.3) is 0 Å². The van der Waals surface area contributed by atoms with E-state index in [1.807, 2.05) is 17.7 Å². The predicted octanol–water partition coefficient (Wildman–Crippen LogP) is 1.68. The first-order valence-corrected chi connectivity index (χ1v) is 4.59. The SMILES string of the molecule is Cc1nccn1Cc1nnccc1Cl. The van der Waals surface area contributed by atoms with Crippen LogP contribution in [-0.4, -0.2) is 19.7 Å². The fraction of sp³-hybridized carbons (Fsp3) is 0.222. The molecule has 0 aliphatic carbocycles. The Morgan fingerprint density at radius 2 is 2.29 bits per heavy atom. The van der Waals surface area contributed by atoms with Crippen LogP contribution in [0.15, 0.2) is 24.7 Å². The molecule has 2 rings (SSSR count). The van der Waals surface area contributed by atoms with Gasteiger partial charge >= 0.3 is 0 Å². The topological polar surface area (TPSA) is 43.6 Å². The van der Waals surface area contributed by atoms with Crippen LogP contribution >= 0.6 is 11.6 Å². The molecule has 0 spiro atoms. The van der Waals surface area contributed by atoms with E-state index in [2.05, 4.69) is 15.2 Å². The summed E-state index contributed by atoms with van der Waals surface area (Å²) in [6.45, 7) is 2.54. The Morgan fingerprint density at radius 3 is 2.93 bits per heavy atom. The predicted molar refractivity (Wildman–Crippen MR) is 53.1 cm³/mol. The van der Waals surface area contributed by atoms with Gasteiger partial charge in [-0.2, -0.15) is 10.2 Å². The Balaban J connectivity index is 2.28. The summed E-state index contributed by atoms with van der Waals surface area (Å²) in [5.74, 6) is 0.937. The zero-order chi connectivity index (χ0) is 9.97. The van der Waals surface area contributed by atoms with E-state index in [9.17, 15) is 0 Å². The van der Waals surface area contributed by atoms with Gasteiger partial charge in [0.2, 0.25) is 0 Å². The van der Waals surface area contributed by atoms with Gasteiger partial charge in [-0.3, -0.25) is 0 Å². The second kappa shape index (κ2) is 3.75. The molecule has 0 atom stereocenters. The molecule has 2 heterocycles. The van der Waals surface area contributed by atoms with Crippen molar-refractivity contribution in [1.82, 2.24) is 19.7 Å². The highest BCUT2D eigenvalue weighted by Gasteiger charge is 2.04. The first kappa shape index (κ1) is 9.15. The molecular formula is C9H9ClN4. The number of rotatable bonds is 2. The quantitative estimate of drug-likeness (QED) is 0.754. The lowest BCUT2D eigenvalue weighted by atomic mass is 10.4. The van der Waals surface area contributed by atoms with E-state index in [1.54, 1.807) is 18.5 Å². The van der Waals surface area contributed by atoms with Gasteiger partial charge in [0.05, 0.1) is 17.8 Å². The molecule has 0 saturated heterocycles. The van der Waals surface area contributed by atoms with Crippen molar-refractivity contribution in [2.45, 2.75) is 13.5 Å². The van der Waals surface area contributed by atoms with E-state index in [0.29, 0.717) is 11.6 Å². The lowest BCUT2D eigenvalue weighted by Crippen LogP contribution is -2.04. The molecule has 0 bridgehead atoms. The Hall–Kier alpha value is -1.42. The molecule has 0 aliphatic heterocycles. The summed E-state index contributed by atoms with van der Waals surface area (Å²) in [6, 6.07) is 1.73. The van der Waals surface area contributed by atoms with Crippen LogP contribution < -0.4 is 0 Å². The van der Waals surface area contributed by atoms with Crippen LogP contribution in [-0.2, 0) is 6.54 Å². The van der Waals surface area contributed by atoms with Gasteiger partial charge in [0.1, 0.15) is 11.5 Å². The van der Waals surface area contributed by atoms with E-state index >= 15 is 0 Å². The molecule has 0 radical (unpaired) electrons. The third kappa shape index (κ3) is 1.75. The number of nitrogens with zero attached hydrogens (tertiary/aromatic N) is 4. The fourth-order valence-electron chi connectivity index (χ4n) is 1.19. The second-order valence-corrected chi connectivity index (χ2v) is 3.34. The summed E-state index contributed by atoms with van der Waals surface area (Å²) in [4.78, 5) is 4.11. The van der Waals surface area contributed by atoms with Crippen molar-refractivity contribution < 1.29 is 0 Å². The van der Waals surface area contributed by atoms with Gasteiger partial charge in [-0.15, -0.1) is 0 Å². The van der Waals surface area contributed by atoms with Crippen LogP contribution in [0.2, 0.25) is 5.02 Å². The van der Waals surface area contributed by atoms with Crippen LogP contribution in [0.25, 0.3) is 0 Å². The van der Waals surface area contributed by atoms with Crippen molar-refractivity contribution in [1.29, 1.82) is 0 Å². The van der Waals surface area contributed by atoms with Gasteiger partial charge in [-0.1, -0.05) is 11.6 Å². The highest BCUT2D eigenvalue weighted by Crippen LogP contribution is 2.12. The standard InChI is InChI=1S/C9H9ClN4/c1-7-11-4-5-14(7)6-9-8(10)2-3-12-13-9/h2-5H,6H2,1H3. The molecular weight excluding hydrogens is 200 g/mol. The van der Waals surface area contributed by atoms with Crippen LogP contribution in [0.5, 0.6) is 0 Å². The zero-order valence-electron chi connectivity index (χ0n) is 7.68. The molecule has 0 aliphatic rings. The molecule has 72 valence electrons. The van der Waals surface area contributed by atoms with E-state index < -0.39 is 0 Å².